The SMILES string of the molecule is NCCNCCNCCNCCNCCN.Nc1ccc(N)cc1. The molecule has 0 bridgehead atoms. The number of hydrogen-bond donors (Lipinski definition) is 8. The topological polar surface area (TPSA) is 152 Å². The minimum absolute atomic E-state index is 0.706. The summed E-state index contributed by atoms with van der Waals surface area (Å²) in [6, 6.07) is 7.09. The van der Waals surface area contributed by atoms with Gasteiger partial charge in [-0.2, -0.15) is 0 Å². The monoisotopic (exact) mass is 340 g/mol. The lowest BCUT2D eigenvalue weighted by Crippen LogP contribution is -2.36. The van der Waals surface area contributed by atoms with E-state index in [2.05, 4.69) is 21.3 Å². The third-order valence-electron chi connectivity index (χ3n) is 3.01. The molecular formula is C16H36N8. The van der Waals surface area contributed by atoms with Gasteiger partial charge < -0.3 is 44.2 Å². The van der Waals surface area contributed by atoms with Gasteiger partial charge in [0.05, 0.1) is 0 Å². The van der Waals surface area contributed by atoms with Gasteiger partial charge in [-0.05, 0) is 24.3 Å². The third-order valence-corrected chi connectivity index (χ3v) is 3.01. The zero-order valence-electron chi connectivity index (χ0n) is 14.7. The molecule has 1 rings (SSSR count). The van der Waals surface area contributed by atoms with E-state index >= 15 is 0 Å². The van der Waals surface area contributed by atoms with Crippen molar-refractivity contribution in [1.29, 1.82) is 0 Å². The second kappa shape index (κ2) is 17.9. The van der Waals surface area contributed by atoms with E-state index in [0.29, 0.717) is 13.1 Å². The first-order valence-electron chi connectivity index (χ1n) is 8.54. The van der Waals surface area contributed by atoms with Gasteiger partial charge >= 0.3 is 0 Å². The van der Waals surface area contributed by atoms with E-state index in [1.54, 1.807) is 24.3 Å². The van der Waals surface area contributed by atoms with Crippen LogP contribution in [0.15, 0.2) is 24.3 Å². The highest BCUT2D eigenvalue weighted by molar-refractivity contribution is 5.47. The Balaban J connectivity index is 0.000000546. The van der Waals surface area contributed by atoms with Gasteiger partial charge in [-0.1, -0.05) is 0 Å². The van der Waals surface area contributed by atoms with Crippen LogP contribution in [-0.2, 0) is 0 Å². The average molecular weight is 341 g/mol. The maximum atomic E-state index is 5.37. The molecule has 0 aliphatic heterocycles. The molecule has 0 amide bonds. The van der Waals surface area contributed by atoms with Crippen LogP contribution in [0.4, 0.5) is 11.4 Å². The number of nitrogens with two attached hydrogens (primary N) is 4. The van der Waals surface area contributed by atoms with Crippen LogP contribution in [0, 0.1) is 0 Å². The predicted octanol–water partition coefficient (Wildman–Crippen LogP) is -1.89. The summed E-state index contributed by atoms with van der Waals surface area (Å²) in [5, 5.41) is 13.1. The van der Waals surface area contributed by atoms with Crippen molar-refractivity contribution in [2.45, 2.75) is 0 Å². The molecule has 0 saturated carbocycles. The fraction of sp³-hybridized carbons (Fsp3) is 0.625. The van der Waals surface area contributed by atoms with E-state index in [-0.39, 0.29) is 0 Å². The van der Waals surface area contributed by atoms with E-state index in [4.69, 9.17) is 22.9 Å². The molecule has 0 aromatic heterocycles. The molecule has 8 nitrogen and oxygen atoms in total. The summed E-state index contributed by atoms with van der Waals surface area (Å²) in [5.74, 6) is 0. The summed E-state index contributed by atoms with van der Waals surface area (Å²) in [5.41, 5.74) is 22.9. The van der Waals surface area contributed by atoms with E-state index < -0.39 is 0 Å². The predicted molar refractivity (Wildman–Crippen MR) is 105 cm³/mol. The van der Waals surface area contributed by atoms with Crippen LogP contribution in [0.3, 0.4) is 0 Å². The van der Waals surface area contributed by atoms with Crippen LogP contribution >= 0.6 is 0 Å². The number of hydrogen-bond acceptors (Lipinski definition) is 8. The molecule has 1 aromatic carbocycles. The highest BCUT2D eigenvalue weighted by Gasteiger charge is 1.89. The van der Waals surface area contributed by atoms with Gasteiger partial charge in [0.15, 0.2) is 0 Å². The first-order chi connectivity index (χ1) is 11.7. The Morgan fingerprint density at radius 1 is 0.500 bits per heavy atom. The van der Waals surface area contributed by atoms with Gasteiger partial charge in [0.25, 0.3) is 0 Å². The van der Waals surface area contributed by atoms with Gasteiger partial charge in [0, 0.05) is 76.8 Å². The molecule has 0 radical (unpaired) electrons. The minimum atomic E-state index is 0.706. The standard InChI is InChI=1S/C10H28N6.C6H8N2/c11-1-3-13-5-7-15-9-10-16-8-6-14-4-2-12;7-5-1-2-6(8)4-3-5/h13-16H,1-12H2;1-4H,7-8H2. The quantitative estimate of drug-likeness (QED) is 0.153. The summed E-state index contributed by atoms with van der Waals surface area (Å²) in [7, 11) is 0. The van der Waals surface area contributed by atoms with E-state index in [0.717, 1.165) is 63.7 Å². The van der Waals surface area contributed by atoms with Crippen molar-refractivity contribution in [3.05, 3.63) is 24.3 Å². The Kier molecular flexibility index (Phi) is 16.9. The number of anilines is 2. The van der Waals surface area contributed by atoms with E-state index in [1.165, 1.54) is 0 Å². The Hall–Kier alpha value is -1.42. The van der Waals surface area contributed by atoms with Crippen molar-refractivity contribution >= 4 is 11.4 Å². The van der Waals surface area contributed by atoms with Crippen LogP contribution in [0.25, 0.3) is 0 Å². The van der Waals surface area contributed by atoms with Crippen molar-refractivity contribution in [1.82, 2.24) is 21.3 Å². The molecule has 0 aliphatic rings. The average Bonchev–Trinajstić information content (AvgIpc) is 2.59. The zero-order chi connectivity index (χ0) is 17.9. The van der Waals surface area contributed by atoms with Crippen LogP contribution in [0.2, 0.25) is 0 Å². The van der Waals surface area contributed by atoms with Crippen LogP contribution in [0.5, 0.6) is 0 Å². The number of nitrogens with one attached hydrogen (secondary N) is 4. The van der Waals surface area contributed by atoms with Crippen molar-refractivity contribution in [2.24, 2.45) is 11.5 Å². The summed E-state index contributed by atoms with van der Waals surface area (Å²) < 4.78 is 0. The van der Waals surface area contributed by atoms with Crippen molar-refractivity contribution in [3.63, 3.8) is 0 Å². The van der Waals surface area contributed by atoms with Crippen molar-refractivity contribution in [3.8, 4) is 0 Å². The van der Waals surface area contributed by atoms with Crippen LogP contribution in [-0.4, -0.2) is 65.4 Å². The number of benzene rings is 1. The molecule has 8 heteroatoms. The lowest BCUT2D eigenvalue weighted by atomic mass is 10.3. The summed E-state index contributed by atoms with van der Waals surface area (Å²) in [6.07, 6.45) is 0. The molecule has 0 saturated heterocycles. The molecule has 24 heavy (non-hydrogen) atoms. The zero-order valence-corrected chi connectivity index (χ0v) is 14.7. The van der Waals surface area contributed by atoms with E-state index in [1.807, 2.05) is 0 Å². The molecule has 0 unspecified atom stereocenters. The molecule has 0 atom stereocenters. The Morgan fingerprint density at radius 2 is 0.750 bits per heavy atom. The molecule has 1 aromatic rings. The molecular weight excluding hydrogens is 304 g/mol. The van der Waals surface area contributed by atoms with Crippen molar-refractivity contribution in [2.75, 3.05) is 76.9 Å². The molecule has 0 heterocycles. The fourth-order valence-electron chi connectivity index (χ4n) is 1.73. The highest BCUT2D eigenvalue weighted by Crippen LogP contribution is 2.04. The van der Waals surface area contributed by atoms with Gasteiger partial charge in [0.2, 0.25) is 0 Å². The lowest BCUT2D eigenvalue weighted by molar-refractivity contribution is 0.569. The first-order valence-corrected chi connectivity index (χ1v) is 8.54. The normalized spacial score (nSPS) is 10.2. The molecule has 0 fully saturated rings. The Morgan fingerprint density at radius 3 is 1.00 bits per heavy atom. The summed E-state index contributed by atoms with van der Waals surface area (Å²) in [6.45, 7) is 9.15. The van der Waals surface area contributed by atoms with E-state index in [9.17, 15) is 0 Å². The minimum Gasteiger partial charge on any atom is -0.399 e. The van der Waals surface area contributed by atoms with Gasteiger partial charge in [-0.3, -0.25) is 0 Å². The largest absolute Gasteiger partial charge is 0.399 e. The third kappa shape index (κ3) is 16.9. The fourth-order valence-corrected chi connectivity index (χ4v) is 1.73. The first kappa shape index (κ1) is 22.6. The summed E-state index contributed by atoms with van der Waals surface area (Å²) >= 11 is 0. The number of nitrogen functional groups attached to an aromatic ring is 2. The maximum Gasteiger partial charge on any atom is 0.0315 e. The second-order valence-corrected chi connectivity index (χ2v) is 5.24. The second-order valence-electron chi connectivity index (χ2n) is 5.24. The molecule has 12 N–H and O–H groups in total. The van der Waals surface area contributed by atoms with Crippen LogP contribution < -0.4 is 44.2 Å². The summed E-state index contributed by atoms with van der Waals surface area (Å²) in [4.78, 5) is 0. The van der Waals surface area contributed by atoms with Crippen molar-refractivity contribution < 1.29 is 0 Å². The number of rotatable bonds is 13. The molecule has 140 valence electrons. The Labute approximate surface area is 146 Å². The Bertz CT molecular complexity index is 323. The molecule has 0 spiro atoms. The highest BCUT2D eigenvalue weighted by atomic mass is 15.0. The molecule has 0 aliphatic carbocycles. The lowest BCUT2D eigenvalue weighted by Gasteiger charge is -2.07. The maximum absolute atomic E-state index is 5.37. The van der Waals surface area contributed by atoms with Gasteiger partial charge in [-0.25, -0.2) is 0 Å². The van der Waals surface area contributed by atoms with Gasteiger partial charge in [0.1, 0.15) is 0 Å². The van der Waals surface area contributed by atoms with Crippen LogP contribution in [0.1, 0.15) is 0 Å². The van der Waals surface area contributed by atoms with Gasteiger partial charge in [-0.15, -0.1) is 0 Å². The smallest absolute Gasteiger partial charge is 0.0315 e.